The summed E-state index contributed by atoms with van der Waals surface area (Å²) in [5.74, 6) is 0.941. The summed E-state index contributed by atoms with van der Waals surface area (Å²) in [7, 11) is 0. The largest absolute Gasteiger partial charge is 0.485 e. The fraction of sp³-hybridized carbons (Fsp3) is 0.118. The normalized spacial score (nSPS) is 10.5. The van der Waals surface area contributed by atoms with Crippen molar-refractivity contribution < 1.29 is 14.1 Å². The van der Waals surface area contributed by atoms with E-state index < -0.39 is 0 Å². The molecule has 6 nitrogen and oxygen atoms in total. The second-order valence-electron chi connectivity index (χ2n) is 5.07. The molecule has 0 aliphatic carbocycles. The quantitative estimate of drug-likeness (QED) is 0.570. The molecule has 1 heterocycles. The highest BCUT2D eigenvalue weighted by molar-refractivity contribution is 7.99. The van der Waals surface area contributed by atoms with Crippen LogP contribution < -0.4 is 10.1 Å². The molecule has 0 atom stereocenters. The summed E-state index contributed by atoms with van der Waals surface area (Å²) in [4.78, 5) is 16.1. The van der Waals surface area contributed by atoms with Gasteiger partial charge in [-0.05, 0) is 42.5 Å². The third-order valence-electron chi connectivity index (χ3n) is 3.07. The molecule has 2 aromatic carbocycles. The molecule has 0 saturated heterocycles. The number of carbonyl (C=O) groups is 1. The fourth-order valence-electron chi connectivity index (χ4n) is 1.92. The Morgan fingerprint density at radius 2 is 1.96 bits per heavy atom. The third-order valence-corrected chi connectivity index (χ3v) is 4.37. The number of halogens is 2. The summed E-state index contributed by atoms with van der Waals surface area (Å²) < 4.78 is 10.6. The van der Waals surface area contributed by atoms with Crippen LogP contribution in [0.5, 0.6) is 5.75 Å². The Hall–Kier alpha value is -2.22. The van der Waals surface area contributed by atoms with Crippen molar-refractivity contribution in [1.29, 1.82) is 0 Å². The molecule has 0 aliphatic heterocycles. The van der Waals surface area contributed by atoms with Gasteiger partial charge in [0, 0.05) is 15.7 Å². The van der Waals surface area contributed by atoms with Crippen molar-refractivity contribution >= 4 is 46.6 Å². The number of thioether (sulfide) groups is 1. The lowest BCUT2D eigenvalue weighted by molar-refractivity contribution is -0.113. The second kappa shape index (κ2) is 8.93. The van der Waals surface area contributed by atoms with Gasteiger partial charge in [-0.2, -0.15) is 4.98 Å². The molecule has 0 spiro atoms. The molecule has 26 heavy (non-hydrogen) atoms. The smallest absolute Gasteiger partial charge is 0.286 e. The molecule has 0 bridgehead atoms. The Morgan fingerprint density at radius 3 is 2.73 bits per heavy atom. The van der Waals surface area contributed by atoms with Crippen LogP contribution in [0, 0.1) is 0 Å². The second-order valence-corrected chi connectivity index (χ2v) is 6.87. The van der Waals surface area contributed by atoms with Crippen molar-refractivity contribution in [3.63, 3.8) is 0 Å². The lowest BCUT2D eigenvalue weighted by Crippen LogP contribution is -2.13. The number of nitrogens with one attached hydrogen (secondary N) is 1. The maximum Gasteiger partial charge on any atom is 0.286 e. The van der Waals surface area contributed by atoms with E-state index in [-0.39, 0.29) is 18.3 Å². The molecule has 0 unspecified atom stereocenters. The maximum atomic E-state index is 11.9. The van der Waals surface area contributed by atoms with Crippen LogP contribution in [0.3, 0.4) is 0 Å². The molecule has 134 valence electrons. The van der Waals surface area contributed by atoms with Crippen molar-refractivity contribution in [2.45, 2.75) is 11.8 Å². The predicted octanol–water partition coefficient (Wildman–Crippen LogP) is 4.69. The minimum absolute atomic E-state index is 0.138. The molecule has 0 fully saturated rings. The number of rotatable bonds is 7. The number of ether oxygens (including phenoxy) is 1. The first-order valence-corrected chi connectivity index (χ1v) is 9.22. The first-order chi connectivity index (χ1) is 12.6. The molecule has 1 amide bonds. The van der Waals surface area contributed by atoms with Crippen molar-refractivity contribution in [1.82, 2.24) is 10.1 Å². The van der Waals surface area contributed by atoms with E-state index in [1.54, 1.807) is 48.5 Å². The molecule has 1 N–H and O–H groups in total. The minimum atomic E-state index is -0.188. The van der Waals surface area contributed by atoms with E-state index in [0.717, 1.165) is 11.8 Å². The number of hydrogen-bond acceptors (Lipinski definition) is 6. The van der Waals surface area contributed by atoms with Gasteiger partial charge in [0.05, 0.1) is 5.75 Å². The van der Waals surface area contributed by atoms with Crippen LogP contribution in [0.2, 0.25) is 10.0 Å². The predicted molar refractivity (Wildman–Crippen MR) is 101 cm³/mol. The Morgan fingerprint density at radius 1 is 1.15 bits per heavy atom. The molecule has 0 saturated carbocycles. The summed E-state index contributed by atoms with van der Waals surface area (Å²) in [5.41, 5.74) is 0.668. The van der Waals surface area contributed by atoms with E-state index >= 15 is 0 Å². The van der Waals surface area contributed by atoms with E-state index in [1.165, 1.54) is 0 Å². The van der Waals surface area contributed by atoms with Gasteiger partial charge in [-0.1, -0.05) is 46.2 Å². The fourth-order valence-corrected chi connectivity index (χ4v) is 2.81. The van der Waals surface area contributed by atoms with Gasteiger partial charge >= 0.3 is 0 Å². The van der Waals surface area contributed by atoms with Gasteiger partial charge in [-0.25, -0.2) is 0 Å². The summed E-state index contributed by atoms with van der Waals surface area (Å²) >= 11 is 12.8. The van der Waals surface area contributed by atoms with Crippen LogP contribution in [0.1, 0.15) is 5.82 Å². The van der Waals surface area contributed by atoms with Gasteiger partial charge in [0.15, 0.2) is 6.61 Å². The van der Waals surface area contributed by atoms with Crippen molar-refractivity contribution in [2.75, 3.05) is 11.1 Å². The molecule has 3 rings (SSSR count). The van der Waals surface area contributed by atoms with E-state index in [0.29, 0.717) is 32.5 Å². The minimum Gasteiger partial charge on any atom is -0.485 e. The first kappa shape index (κ1) is 18.6. The number of hydrogen-bond donors (Lipinski definition) is 1. The summed E-state index contributed by atoms with van der Waals surface area (Å²) in [6.07, 6.45) is 0. The van der Waals surface area contributed by atoms with Crippen molar-refractivity contribution in [3.8, 4) is 5.75 Å². The Balaban J connectivity index is 1.45. The van der Waals surface area contributed by atoms with Gasteiger partial charge < -0.3 is 14.6 Å². The van der Waals surface area contributed by atoms with E-state index in [4.69, 9.17) is 32.5 Å². The molecular formula is C17H13Cl2N3O3S. The van der Waals surface area contributed by atoms with E-state index in [1.807, 2.05) is 0 Å². The monoisotopic (exact) mass is 409 g/mol. The summed E-state index contributed by atoms with van der Waals surface area (Å²) in [6, 6.07) is 13.9. The van der Waals surface area contributed by atoms with Crippen LogP contribution in [0.15, 0.2) is 58.3 Å². The number of benzene rings is 2. The van der Waals surface area contributed by atoms with E-state index in [9.17, 15) is 4.79 Å². The molecule has 3 aromatic rings. The lowest BCUT2D eigenvalue weighted by atomic mass is 10.3. The highest BCUT2D eigenvalue weighted by atomic mass is 35.5. The van der Waals surface area contributed by atoms with Crippen LogP contribution in [0.25, 0.3) is 0 Å². The SMILES string of the molecule is O=C(CSc1nc(COc2cccc(Cl)c2)no1)Nc1ccc(Cl)cc1. The number of amides is 1. The third kappa shape index (κ3) is 5.66. The molecule has 0 radical (unpaired) electrons. The topological polar surface area (TPSA) is 77.2 Å². The maximum absolute atomic E-state index is 11.9. The Bertz CT molecular complexity index is 887. The first-order valence-electron chi connectivity index (χ1n) is 7.48. The number of nitrogens with zero attached hydrogens (tertiary/aromatic N) is 2. The highest BCUT2D eigenvalue weighted by Crippen LogP contribution is 2.20. The van der Waals surface area contributed by atoms with Gasteiger partial charge in [0.2, 0.25) is 11.7 Å². The zero-order valence-corrected chi connectivity index (χ0v) is 15.6. The van der Waals surface area contributed by atoms with E-state index in [2.05, 4.69) is 15.5 Å². The average molecular weight is 410 g/mol. The Labute approximate surface area is 163 Å². The zero-order chi connectivity index (χ0) is 18.4. The van der Waals surface area contributed by atoms with Crippen molar-refractivity contribution in [2.24, 2.45) is 0 Å². The van der Waals surface area contributed by atoms with Gasteiger partial charge in [0.25, 0.3) is 5.22 Å². The van der Waals surface area contributed by atoms with Gasteiger partial charge in [-0.15, -0.1) is 0 Å². The Kier molecular flexibility index (Phi) is 6.38. The zero-order valence-electron chi connectivity index (χ0n) is 13.3. The van der Waals surface area contributed by atoms with Gasteiger partial charge in [-0.3, -0.25) is 4.79 Å². The summed E-state index contributed by atoms with van der Waals surface area (Å²) in [5, 5.41) is 8.05. The van der Waals surface area contributed by atoms with Crippen molar-refractivity contribution in [3.05, 3.63) is 64.4 Å². The van der Waals surface area contributed by atoms with Crippen LogP contribution >= 0.6 is 35.0 Å². The molecular weight excluding hydrogens is 397 g/mol. The standard InChI is InChI=1S/C17H13Cl2N3O3S/c18-11-4-6-13(7-5-11)20-16(23)10-26-17-21-15(22-25-17)9-24-14-3-1-2-12(19)8-14/h1-8H,9-10H2,(H,20,23). The number of aromatic nitrogens is 2. The number of anilines is 1. The summed E-state index contributed by atoms with van der Waals surface area (Å²) in [6.45, 7) is 0.140. The lowest BCUT2D eigenvalue weighted by Gasteiger charge is -2.03. The van der Waals surface area contributed by atoms with Gasteiger partial charge in [0.1, 0.15) is 5.75 Å². The van der Waals surface area contributed by atoms with Crippen LogP contribution in [-0.2, 0) is 11.4 Å². The van der Waals surface area contributed by atoms with Crippen LogP contribution in [-0.4, -0.2) is 21.8 Å². The molecule has 9 heteroatoms. The van der Waals surface area contributed by atoms with Crippen LogP contribution in [0.4, 0.5) is 5.69 Å². The molecule has 0 aliphatic rings. The molecule has 1 aromatic heterocycles. The highest BCUT2D eigenvalue weighted by Gasteiger charge is 2.11. The number of carbonyl (C=O) groups excluding carboxylic acids is 1. The average Bonchev–Trinajstić information content (AvgIpc) is 3.08.